The molecule has 0 aliphatic rings. The van der Waals surface area contributed by atoms with E-state index < -0.39 is 5.97 Å². The number of hydrogen-bond donors (Lipinski definition) is 1. The number of benzene rings is 1. The highest BCUT2D eigenvalue weighted by Gasteiger charge is 2.24. The van der Waals surface area contributed by atoms with Crippen LogP contribution in [0.5, 0.6) is 0 Å². The second-order valence-corrected chi connectivity index (χ2v) is 6.07. The largest absolute Gasteiger partial charge is 0.477 e. The number of hydrogen-bond acceptors (Lipinski definition) is 4. The van der Waals surface area contributed by atoms with Crippen molar-refractivity contribution in [2.24, 2.45) is 0 Å². The lowest BCUT2D eigenvalue weighted by Gasteiger charge is -2.04. The number of carbonyl (C=O) groups is 1. The number of nitriles is 1. The van der Waals surface area contributed by atoms with Gasteiger partial charge in [0.2, 0.25) is 0 Å². The fourth-order valence-corrected chi connectivity index (χ4v) is 3.73. The molecule has 0 amide bonds. The summed E-state index contributed by atoms with van der Waals surface area (Å²) in [5.74, 6) is -1.04. The molecule has 96 valence electrons. The van der Waals surface area contributed by atoms with E-state index in [-0.39, 0.29) is 4.88 Å². The summed E-state index contributed by atoms with van der Waals surface area (Å²) in [6, 6.07) is 9.02. The molecule has 0 spiro atoms. The molecule has 6 heteroatoms. The summed E-state index contributed by atoms with van der Waals surface area (Å²) < 4.78 is 0.690. The number of rotatable bonds is 3. The van der Waals surface area contributed by atoms with Gasteiger partial charge in [-0.15, -0.1) is 23.1 Å². The summed E-state index contributed by atoms with van der Waals surface area (Å²) in [6.07, 6.45) is 1.81. The van der Waals surface area contributed by atoms with E-state index >= 15 is 0 Å². The number of carboxylic acids is 1. The Labute approximate surface area is 123 Å². The molecule has 1 heterocycles. The molecule has 0 unspecified atom stereocenters. The van der Waals surface area contributed by atoms with E-state index in [1.807, 2.05) is 6.26 Å². The maximum absolute atomic E-state index is 11.4. The number of carboxylic acid groups (broad SMARTS) is 1. The third kappa shape index (κ3) is 2.47. The van der Waals surface area contributed by atoms with Crippen LogP contribution in [0.1, 0.15) is 15.2 Å². The Balaban J connectivity index is 2.82. The van der Waals surface area contributed by atoms with Crippen molar-refractivity contribution in [3.8, 4) is 17.2 Å². The second kappa shape index (κ2) is 5.66. The molecule has 1 aromatic heterocycles. The van der Waals surface area contributed by atoms with E-state index in [0.717, 1.165) is 11.3 Å². The molecule has 0 fully saturated rings. The molecule has 1 aromatic carbocycles. The number of nitrogens with zero attached hydrogens (tertiary/aromatic N) is 1. The first-order valence-electron chi connectivity index (χ1n) is 5.19. The van der Waals surface area contributed by atoms with Gasteiger partial charge in [0.05, 0.1) is 9.77 Å². The van der Waals surface area contributed by atoms with E-state index in [9.17, 15) is 15.2 Å². The lowest BCUT2D eigenvalue weighted by atomic mass is 10.0. The van der Waals surface area contributed by atoms with Gasteiger partial charge in [-0.1, -0.05) is 29.8 Å². The second-order valence-electron chi connectivity index (χ2n) is 3.57. The number of aromatic carboxylic acids is 1. The number of thioether (sulfide) groups is 1. The highest BCUT2D eigenvalue weighted by atomic mass is 35.5. The summed E-state index contributed by atoms with van der Waals surface area (Å²) in [7, 11) is 0. The summed E-state index contributed by atoms with van der Waals surface area (Å²) in [6.45, 7) is 0. The molecule has 2 rings (SSSR count). The van der Waals surface area contributed by atoms with Crippen molar-refractivity contribution in [2.45, 2.75) is 4.21 Å². The Morgan fingerprint density at radius 1 is 1.47 bits per heavy atom. The van der Waals surface area contributed by atoms with Gasteiger partial charge in [-0.05, 0) is 12.3 Å². The molecule has 0 aliphatic carbocycles. The number of thiophene rings is 1. The Bertz CT molecular complexity index is 688. The SMILES string of the molecule is CSc1sc(C(=O)O)c(-c2ccccc2Cl)c1C#N. The van der Waals surface area contributed by atoms with Crippen molar-refractivity contribution in [1.82, 2.24) is 0 Å². The van der Waals surface area contributed by atoms with Gasteiger partial charge in [0.1, 0.15) is 10.9 Å². The third-order valence-corrected chi connectivity index (χ3v) is 5.14. The first-order chi connectivity index (χ1) is 9.10. The molecule has 0 bridgehead atoms. The van der Waals surface area contributed by atoms with Gasteiger partial charge in [-0.2, -0.15) is 5.26 Å². The molecular formula is C13H8ClNO2S2. The molecule has 2 aromatic rings. The summed E-state index contributed by atoms with van der Waals surface area (Å²) in [5.41, 5.74) is 1.37. The molecular weight excluding hydrogens is 302 g/mol. The summed E-state index contributed by atoms with van der Waals surface area (Å²) in [5, 5.41) is 19.0. The third-order valence-electron chi connectivity index (χ3n) is 2.51. The summed E-state index contributed by atoms with van der Waals surface area (Å²) >= 11 is 8.58. The Morgan fingerprint density at radius 2 is 2.16 bits per heavy atom. The van der Waals surface area contributed by atoms with Crippen molar-refractivity contribution < 1.29 is 9.90 Å². The maximum atomic E-state index is 11.4. The molecule has 0 saturated carbocycles. The van der Waals surface area contributed by atoms with Crippen molar-refractivity contribution in [3.05, 3.63) is 39.7 Å². The molecule has 0 aliphatic heterocycles. The Kier molecular flexibility index (Phi) is 4.15. The van der Waals surface area contributed by atoms with Gasteiger partial charge in [-0.25, -0.2) is 4.79 Å². The minimum absolute atomic E-state index is 0.147. The molecule has 0 radical (unpaired) electrons. The van der Waals surface area contributed by atoms with Crippen LogP contribution in [-0.2, 0) is 0 Å². The standard InChI is InChI=1S/C13H8ClNO2S2/c1-18-13-8(6-15)10(11(19-13)12(16)17)7-4-2-3-5-9(7)14/h2-5H,1H3,(H,16,17). The fourth-order valence-electron chi connectivity index (χ4n) is 1.73. The average Bonchev–Trinajstić information content (AvgIpc) is 2.77. The highest BCUT2D eigenvalue weighted by Crippen LogP contribution is 2.42. The zero-order valence-corrected chi connectivity index (χ0v) is 12.2. The van der Waals surface area contributed by atoms with Crippen LogP contribution in [0.15, 0.2) is 28.5 Å². The fraction of sp³-hybridized carbons (Fsp3) is 0.0769. The van der Waals surface area contributed by atoms with Crippen LogP contribution in [-0.4, -0.2) is 17.3 Å². The van der Waals surface area contributed by atoms with Gasteiger partial charge < -0.3 is 5.11 Å². The van der Waals surface area contributed by atoms with E-state index in [4.69, 9.17) is 11.6 Å². The highest BCUT2D eigenvalue weighted by molar-refractivity contribution is 8.00. The molecule has 3 nitrogen and oxygen atoms in total. The summed E-state index contributed by atoms with van der Waals surface area (Å²) in [4.78, 5) is 11.5. The minimum atomic E-state index is -1.04. The average molecular weight is 310 g/mol. The number of halogens is 1. The van der Waals surface area contributed by atoms with Crippen LogP contribution in [0.3, 0.4) is 0 Å². The van der Waals surface area contributed by atoms with E-state index in [0.29, 0.717) is 25.9 Å². The van der Waals surface area contributed by atoms with Crippen LogP contribution in [0.2, 0.25) is 5.02 Å². The van der Waals surface area contributed by atoms with E-state index in [1.165, 1.54) is 11.8 Å². The van der Waals surface area contributed by atoms with Gasteiger partial charge in [0.15, 0.2) is 0 Å². The van der Waals surface area contributed by atoms with Crippen molar-refractivity contribution in [3.63, 3.8) is 0 Å². The first-order valence-corrected chi connectivity index (χ1v) is 7.61. The van der Waals surface area contributed by atoms with Crippen LogP contribution in [0.4, 0.5) is 0 Å². The predicted molar refractivity (Wildman–Crippen MR) is 78.2 cm³/mol. The van der Waals surface area contributed by atoms with Crippen LogP contribution in [0.25, 0.3) is 11.1 Å². The quantitative estimate of drug-likeness (QED) is 0.856. The maximum Gasteiger partial charge on any atom is 0.346 e. The zero-order chi connectivity index (χ0) is 14.0. The van der Waals surface area contributed by atoms with Gasteiger partial charge in [0.25, 0.3) is 0 Å². The van der Waals surface area contributed by atoms with Crippen LogP contribution >= 0.6 is 34.7 Å². The van der Waals surface area contributed by atoms with E-state index in [2.05, 4.69) is 6.07 Å². The predicted octanol–water partition coefficient (Wildman–Crippen LogP) is 4.36. The van der Waals surface area contributed by atoms with Gasteiger partial charge in [0, 0.05) is 16.1 Å². The topological polar surface area (TPSA) is 61.1 Å². The van der Waals surface area contributed by atoms with Gasteiger partial charge >= 0.3 is 5.97 Å². The zero-order valence-electron chi connectivity index (χ0n) is 9.81. The lowest BCUT2D eigenvalue weighted by Crippen LogP contribution is -1.96. The molecule has 1 N–H and O–H groups in total. The minimum Gasteiger partial charge on any atom is -0.477 e. The van der Waals surface area contributed by atoms with E-state index in [1.54, 1.807) is 24.3 Å². The molecule has 19 heavy (non-hydrogen) atoms. The lowest BCUT2D eigenvalue weighted by molar-refractivity contribution is 0.0703. The van der Waals surface area contributed by atoms with Crippen molar-refractivity contribution >= 4 is 40.7 Å². The van der Waals surface area contributed by atoms with Crippen molar-refractivity contribution in [1.29, 1.82) is 5.26 Å². The van der Waals surface area contributed by atoms with Crippen LogP contribution < -0.4 is 0 Å². The van der Waals surface area contributed by atoms with Gasteiger partial charge in [-0.3, -0.25) is 0 Å². The Morgan fingerprint density at radius 3 is 2.68 bits per heavy atom. The monoisotopic (exact) mass is 309 g/mol. The molecule has 0 atom stereocenters. The smallest absolute Gasteiger partial charge is 0.346 e. The normalized spacial score (nSPS) is 10.2. The van der Waals surface area contributed by atoms with Crippen molar-refractivity contribution in [2.75, 3.05) is 6.26 Å². The molecule has 0 saturated heterocycles. The first kappa shape index (κ1) is 13.9. The Hall–Kier alpha value is -1.48. The van der Waals surface area contributed by atoms with Crippen LogP contribution in [0, 0.1) is 11.3 Å².